The summed E-state index contributed by atoms with van der Waals surface area (Å²) in [6, 6.07) is 43.2. The fraction of sp³-hybridized carbons (Fsp3) is 0. The highest BCUT2D eigenvalue weighted by Gasteiger charge is 2.15. The van der Waals surface area contributed by atoms with Crippen molar-refractivity contribution in [3.63, 3.8) is 0 Å². The Bertz CT molecular complexity index is 1880. The van der Waals surface area contributed by atoms with Crippen LogP contribution in [0.4, 0.5) is 0 Å². The zero-order chi connectivity index (χ0) is 25.3. The molecule has 7 aromatic rings. The van der Waals surface area contributed by atoms with E-state index >= 15 is 0 Å². The highest BCUT2D eigenvalue weighted by atomic mass is 14.9. The van der Waals surface area contributed by atoms with Crippen molar-refractivity contribution in [2.75, 3.05) is 0 Å². The van der Waals surface area contributed by atoms with Gasteiger partial charge in [0, 0.05) is 33.7 Å². The molecule has 0 atom stereocenters. The third kappa shape index (κ3) is 3.98. The first-order valence-corrected chi connectivity index (χ1v) is 12.6. The minimum Gasteiger partial charge on any atom is -0.236 e. The first-order chi connectivity index (χ1) is 18.8. The lowest BCUT2D eigenvalue weighted by Gasteiger charge is -2.12. The Morgan fingerprint density at radius 1 is 0.368 bits per heavy atom. The van der Waals surface area contributed by atoms with Crippen LogP contribution in [0.15, 0.2) is 134 Å². The lowest BCUT2D eigenvalue weighted by Crippen LogP contribution is -1.97. The van der Waals surface area contributed by atoms with Crippen molar-refractivity contribution < 1.29 is 0 Å². The molecule has 2 heterocycles. The van der Waals surface area contributed by atoms with Crippen molar-refractivity contribution in [3.05, 3.63) is 134 Å². The van der Waals surface area contributed by atoms with Crippen LogP contribution < -0.4 is 0 Å². The zero-order valence-electron chi connectivity index (χ0n) is 20.5. The van der Waals surface area contributed by atoms with Gasteiger partial charge in [0.25, 0.3) is 0 Å². The molecule has 0 unspecified atom stereocenters. The summed E-state index contributed by atoms with van der Waals surface area (Å²) in [6.07, 6.45) is 1.89. The maximum Gasteiger partial charge on any atom is 0.160 e. The van der Waals surface area contributed by atoms with Crippen molar-refractivity contribution in [3.8, 4) is 45.2 Å². The second kappa shape index (κ2) is 9.34. The first-order valence-electron chi connectivity index (χ1n) is 12.6. The average molecular weight is 487 g/mol. The van der Waals surface area contributed by atoms with Crippen LogP contribution in [0.1, 0.15) is 0 Å². The normalized spacial score (nSPS) is 11.2. The van der Waals surface area contributed by atoms with Crippen molar-refractivity contribution in [2.45, 2.75) is 0 Å². The maximum absolute atomic E-state index is 5.07. The Morgan fingerprint density at radius 2 is 0.921 bits per heavy atom. The summed E-state index contributed by atoms with van der Waals surface area (Å²) in [6.45, 7) is 0. The van der Waals surface area contributed by atoms with Crippen molar-refractivity contribution >= 4 is 21.8 Å². The van der Waals surface area contributed by atoms with E-state index in [1.54, 1.807) is 0 Å². The largest absolute Gasteiger partial charge is 0.236 e. The molecule has 7 rings (SSSR count). The molecule has 0 saturated carbocycles. The quantitative estimate of drug-likeness (QED) is 0.235. The van der Waals surface area contributed by atoms with Gasteiger partial charge < -0.3 is 0 Å². The molecule has 0 bridgehead atoms. The van der Waals surface area contributed by atoms with Gasteiger partial charge in [0.2, 0.25) is 0 Å². The number of hydrogen-bond donors (Lipinski definition) is 0. The lowest BCUT2D eigenvalue weighted by molar-refractivity contribution is 1.21. The van der Waals surface area contributed by atoms with E-state index < -0.39 is 0 Å². The minimum atomic E-state index is 0.676. The molecule has 0 N–H and O–H groups in total. The van der Waals surface area contributed by atoms with E-state index in [2.05, 4.69) is 66.7 Å². The fourth-order valence-electron chi connectivity index (χ4n) is 4.81. The Kier molecular flexibility index (Phi) is 5.41. The molecule has 5 aromatic carbocycles. The molecule has 0 aliphatic heterocycles. The summed E-state index contributed by atoms with van der Waals surface area (Å²) >= 11 is 0. The molecule has 2 aromatic heterocycles. The van der Waals surface area contributed by atoms with Crippen LogP contribution >= 0.6 is 0 Å². The van der Waals surface area contributed by atoms with Crippen LogP contribution in [0.2, 0.25) is 0 Å². The van der Waals surface area contributed by atoms with Gasteiger partial charge in [-0.25, -0.2) is 19.9 Å². The fourth-order valence-corrected chi connectivity index (χ4v) is 4.81. The predicted molar refractivity (Wildman–Crippen MR) is 154 cm³/mol. The molecule has 0 saturated heterocycles. The van der Waals surface area contributed by atoms with Crippen LogP contribution in [-0.4, -0.2) is 19.9 Å². The van der Waals surface area contributed by atoms with Crippen LogP contribution in [0.25, 0.3) is 67.0 Å². The predicted octanol–water partition coefficient (Wildman–Crippen LogP) is 8.24. The topological polar surface area (TPSA) is 51.6 Å². The van der Waals surface area contributed by atoms with E-state index in [0.717, 1.165) is 49.8 Å². The number of fused-ring (bicyclic) bond motifs is 3. The number of benzene rings is 5. The maximum atomic E-state index is 5.07. The average Bonchev–Trinajstić information content (AvgIpc) is 3.01. The van der Waals surface area contributed by atoms with E-state index in [1.807, 2.05) is 66.9 Å². The highest BCUT2D eigenvalue weighted by molar-refractivity contribution is 6.08. The molecule has 4 heteroatoms. The summed E-state index contributed by atoms with van der Waals surface area (Å²) in [4.78, 5) is 19.7. The van der Waals surface area contributed by atoms with E-state index in [1.165, 1.54) is 5.56 Å². The second-order valence-electron chi connectivity index (χ2n) is 9.16. The van der Waals surface area contributed by atoms with Gasteiger partial charge in [-0.3, -0.25) is 0 Å². The highest BCUT2D eigenvalue weighted by Crippen LogP contribution is 2.33. The molecule has 0 radical (unpaired) electrons. The molecule has 0 aliphatic carbocycles. The molecule has 0 aliphatic rings. The van der Waals surface area contributed by atoms with Crippen LogP contribution in [0.3, 0.4) is 0 Å². The molecule has 178 valence electrons. The van der Waals surface area contributed by atoms with Gasteiger partial charge in [-0.2, -0.15) is 0 Å². The molecule has 4 nitrogen and oxygen atoms in total. The van der Waals surface area contributed by atoms with Crippen molar-refractivity contribution in [1.29, 1.82) is 0 Å². The third-order valence-corrected chi connectivity index (χ3v) is 6.76. The SMILES string of the molecule is c1ccc(-c2ccc(-c3nc(-c4ccccc4)c4ccc5nc(-c6ccccc6)ncc5c4n3)cc2)cc1. The smallest absolute Gasteiger partial charge is 0.160 e. The summed E-state index contributed by atoms with van der Waals surface area (Å²) in [5, 5.41) is 1.88. The molecule has 0 fully saturated rings. The summed E-state index contributed by atoms with van der Waals surface area (Å²) in [5.74, 6) is 1.38. The monoisotopic (exact) mass is 486 g/mol. The van der Waals surface area contributed by atoms with Gasteiger partial charge in [0.05, 0.1) is 16.7 Å². The number of rotatable bonds is 4. The van der Waals surface area contributed by atoms with E-state index in [0.29, 0.717) is 11.6 Å². The Labute approximate surface area is 220 Å². The van der Waals surface area contributed by atoms with Gasteiger partial charge in [-0.1, -0.05) is 115 Å². The van der Waals surface area contributed by atoms with Crippen LogP contribution in [-0.2, 0) is 0 Å². The van der Waals surface area contributed by atoms with Crippen molar-refractivity contribution in [1.82, 2.24) is 19.9 Å². The second-order valence-corrected chi connectivity index (χ2v) is 9.16. The number of aromatic nitrogens is 4. The van der Waals surface area contributed by atoms with Gasteiger partial charge in [0.15, 0.2) is 11.6 Å². The Hall–Kier alpha value is -5.22. The molecule has 0 spiro atoms. The zero-order valence-corrected chi connectivity index (χ0v) is 20.5. The van der Waals surface area contributed by atoms with Gasteiger partial charge in [0.1, 0.15) is 0 Å². The number of nitrogens with zero attached hydrogens (tertiary/aromatic N) is 4. The van der Waals surface area contributed by atoms with E-state index in [-0.39, 0.29) is 0 Å². The third-order valence-electron chi connectivity index (χ3n) is 6.76. The Morgan fingerprint density at radius 3 is 1.61 bits per heavy atom. The molecular weight excluding hydrogens is 464 g/mol. The van der Waals surface area contributed by atoms with E-state index in [9.17, 15) is 0 Å². The van der Waals surface area contributed by atoms with Gasteiger partial charge >= 0.3 is 0 Å². The van der Waals surface area contributed by atoms with Gasteiger partial charge in [-0.05, 0) is 23.3 Å². The van der Waals surface area contributed by atoms with Crippen LogP contribution in [0.5, 0.6) is 0 Å². The number of hydrogen-bond acceptors (Lipinski definition) is 4. The molecule has 0 amide bonds. The van der Waals surface area contributed by atoms with Gasteiger partial charge in [-0.15, -0.1) is 0 Å². The minimum absolute atomic E-state index is 0.676. The summed E-state index contributed by atoms with van der Waals surface area (Å²) < 4.78 is 0. The summed E-state index contributed by atoms with van der Waals surface area (Å²) in [7, 11) is 0. The lowest BCUT2D eigenvalue weighted by atomic mass is 10.0. The summed E-state index contributed by atoms with van der Waals surface area (Å²) in [5.41, 5.74) is 7.93. The first kappa shape index (κ1) is 22.0. The van der Waals surface area contributed by atoms with E-state index in [4.69, 9.17) is 19.9 Å². The Balaban J connectivity index is 1.42. The standard InChI is InChI=1S/C34H22N4/c1-4-10-23(11-5-1)24-16-18-27(19-17-24)34-37-31(25-12-6-2-7-13-25)28-20-21-30-29(32(28)38-34)22-35-33(36-30)26-14-8-3-9-15-26/h1-22H. The van der Waals surface area contributed by atoms with Crippen molar-refractivity contribution in [2.24, 2.45) is 0 Å². The van der Waals surface area contributed by atoms with Crippen LogP contribution in [0, 0.1) is 0 Å². The molecular formula is C34H22N4. The molecule has 38 heavy (non-hydrogen) atoms.